The fourth-order valence-electron chi connectivity index (χ4n) is 4.39. The molecule has 202 valence electrons. The van der Waals surface area contributed by atoms with Crippen LogP contribution in [0.3, 0.4) is 0 Å². The highest BCUT2D eigenvalue weighted by atomic mass is 35.5. The van der Waals surface area contributed by atoms with E-state index in [1.54, 1.807) is 24.5 Å². The molecule has 4 rings (SSSR count). The third-order valence-electron chi connectivity index (χ3n) is 6.60. The number of nitrogens with zero attached hydrogens (tertiary/aromatic N) is 3. The Hall–Kier alpha value is -3.13. The molecule has 0 aliphatic carbocycles. The van der Waals surface area contributed by atoms with Gasteiger partial charge in [0, 0.05) is 36.4 Å². The number of halogens is 1. The molecule has 1 unspecified atom stereocenters. The van der Waals surface area contributed by atoms with Gasteiger partial charge in [-0.1, -0.05) is 36.2 Å². The molecule has 2 saturated heterocycles. The van der Waals surface area contributed by atoms with Crippen molar-refractivity contribution in [2.24, 2.45) is 4.99 Å². The number of allylic oxidation sites excluding steroid dienone is 3. The molecule has 7 nitrogen and oxygen atoms in total. The molecule has 8 heteroatoms. The SMILES string of the molecule is CC\C(C)=C/C=N\C=C(/C)Oc1cccc(C2CN(CCC3OCCCO3)C(=O)N2c2ccc(Cl)cc2)c1. The lowest BCUT2D eigenvalue weighted by molar-refractivity contribution is -0.181. The van der Waals surface area contributed by atoms with E-state index in [9.17, 15) is 4.79 Å². The second-order valence-corrected chi connectivity index (χ2v) is 9.92. The molecule has 2 aliphatic heterocycles. The predicted octanol–water partition coefficient (Wildman–Crippen LogP) is 7.14. The van der Waals surface area contributed by atoms with E-state index in [1.807, 2.05) is 59.2 Å². The van der Waals surface area contributed by atoms with Crippen LogP contribution in [0.2, 0.25) is 5.02 Å². The monoisotopic (exact) mass is 537 g/mol. The molecule has 0 saturated carbocycles. The third-order valence-corrected chi connectivity index (χ3v) is 6.85. The number of hydrogen-bond acceptors (Lipinski definition) is 5. The van der Waals surface area contributed by atoms with Crippen molar-refractivity contribution in [2.75, 3.05) is 31.2 Å². The summed E-state index contributed by atoms with van der Waals surface area (Å²) in [6.45, 7) is 8.53. The van der Waals surface area contributed by atoms with Crippen LogP contribution in [-0.2, 0) is 9.47 Å². The van der Waals surface area contributed by atoms with Crippen molar-refractivity contribution >= 4 is 29.5 Å². The fourth-order valence-corrected chi connectivity index (χ4v) is 4.51. The second-order valence-electron chi connectivity index (χ2n) is 9.48. The number of ether oxygens (including phenoxy) is 3. The van der Waals surface area contributed by atoms with E-state index in [1.165, 1.54) is 5.57 Å². The Kier molecular flexibility index (Phi) is 9.98. The molecule has 0 radical (unpaired) electrons. The molecule has 0 bridgehead atoms. The molecule has 0 aromatic heterocycles. The van der Waals surface area contributed by atoms with E-state index in [4.69, 9.17) is 25.8 Å². The zero-order chi connectivity index (χ0) is 26.9. The van der Waals surface area contributed by atoms with Gasteiger partial charge in [-0.3, -0.25) is 9.89 Å². The van der Waals surface area contributed by atoms with Crippen LogP contribution >= 0.6 is 11.6 Å². The van der Waals surface area contributed by atoms with Gasteiger partial charge < -0.3 is 19.1 Å². The summed E-state index contributed by atoms with van der Waals surface area (Å²) in [5, 5.41) is 0.626. The number of carbonyl (C=O) groups excluding carboxylic acids is 1. The molecular weight excluding hydrogens is 502 g/mol. The van der Waals surface area contributed by atoms with Crippen molar-refractivity contribution < 1.29 is 19.0 Å². The normalized spacial score (nSPS) is 19.6. The number of aliphatic imine (C=N–C) groups is 1. The Labute approximate surface area is 230 Å². The van der Waals surface area contributed by atoms with E-state index in [2.05, 4.69) is 18.8 Å². The van der Waals surface area contributed by atoms with Crippen LogP contribution in [0.5, 0.6) is 5.75 Å². The Balaban J connectivity index is 1.52. The predicted molar refractivity (Wildman–Crippen MR) is 152 cm³/mol. The minimum absolute atomic E-state index is 0.0553. The van der Waals surface area contributed by atoms with Crippen LogP contribution in [0.1, 0.15) is 51.6 Å². The van der Waals surface area contributed by atoms with Gasteiger partial charge in [-0.05, 0) is 74.7 Å². The van der Waals surface area contributed by atoms with Gasteiger partial charge >= 0.3 is 6.03 Å². The maximum atomic E-state index is 13.6. The lowest BCUT2D eigenvalue weighted by Gasteiger charge is -2.25. The van der Waals surface area contributed by atoms with Crippen LogP contribution in [0.25, 0.3) is 0 Å². The minimum Gasteiger partial charge on any atom is -0.460 e. The summed E-state index contributed by atoms with van der Waals surface area (Å²) in [6, 6.07) is 15.0. The highest BCUT2D eigenvalue weighted by molar-refractivity contribution is 6.30. The summed E-state index contributed by atoms with van der Waals surface area (Å²) >= 11 is 6.13. The Morgan fingerprint density at radius 3 is 2.66 bits per heavy atom. The van der Waals surface area contributed by atoms with Gasteiger partial charge in [-0.15, -0.1) is 0 Å². The number of urea groups is 1. The number of amides is 2. The lowest BCUT2D eigenvalue weighted by atomic mass is 10.1. The van der Waals surface area contributed by atoms with Crippen LogP contribution in [0.15, 0.2) is 77.1 Å². The summed E-state index contributed by atoms with van der Waals surface area (Å²) in [5.74, 6) is 1.37. The van der Waals surface area contributed by atoms with Crippen molar-refractivity contribution in [3.63, 3.8) is 0 Å². The van der Waals surface area contributed by atoms with Crippen molar-refractivity contribution in [1.29, 1.82) is 0 Å². The second kappa shape index (κ2) is 13.6. The number of benzene rings is 2. The zero-order valence-corrected chi connectivity index (χ0v) is 23.1. The van der Waals surface area contributed by atoms with Crippen molar-refractivity contribution in [3.05, 3.63) is 82.7 Å². The average Bonchev–Trinajstić information content (AvgIpc) is 3.27. The van der Waals surface area contributed by atoms with Crippen LogP contribution in [-0.4, -0.2) is 49.7 Å². The lowest BCUT2D eigenvalue weighted by Crippen LogP contribution is -2.35. The summed E-state index contributed by atoms with van der Waals surface area (Å²) in [4.78, 5) is 21.6. The smallest absolute Gasteiger partial charge is 0.325 e. The molecule has 2 fully saturated rings. The molecule has 2 heterocycles. The van der Waals surface area contributed by atoms with E-state index in [-0.39, 0.29) is 18.4 Å². The standard InChI is InChI=1S/C30H36ClN3O4/c1-4-22(2)13-15-32-20-23(3)38-27-8-5-7-24(19-27)28-21-33(16-14-29-36-17-6-18-37-29)30(35)34(28)26-11-9-25(31)10-12-26/h5,7-13,15,19-20,28-29H,4,6,14,16-18,21H2,1-3H3/b22-13-,23-20+,32-15-. The van der Waals surface area contributed by atoms with E-state index < -0.39 is 0 Å². The Morgan fingerprint density at radius 2 is 1.92 bits per heavy atom. The fraction of sp³-hybridized carbons (Fsp3) is 0.400. The van der Waals surface area contributed by atoms with Gasteiger partial charge in [0.2, 0.25) is 0 Å². The molecular formula is C30H36ClN3O4. The van der Waals surface area contributed by atoms with Crippen LogP contribution in [0, 0.1) is 0 Å². The van der Waals surface area contributed by atoms with Gasteiger partial charge in [-0.2, -0.15) is 0 Å². The van der Waals surface area contributed by atoms with Gasteiger partial charge in [-0.25, -0.2) is 4.79 Å². The number of hydrogen-bond donors (Lipinski definition) is 0. The first-order chi connectivity index (χ1) is 18.4. The Morgan fingerprint density at radius 1 is 1.16 bits per heavy atom. The molecule has 2 aromatic carbocycles. The van der Waals surface area contributed by atoms with Gasteiger partial charge in [0.25, 0.3) is 0 Å². The molecule has 2 amide bonds. The largest absolute Gasteiger partial charge is 0.460 e. The molecule has 2 aliphatic rings. The van der Waals surface area contributed by atoms with Crippen LogP contribution < -0.4 is 9.64 Å². The highest BCUT2D eigenvalue weighted by Crippen LogP contribution is 2.36. The highest BCUT2D eigenvalue weighted by Gasteiger charge is 2.39. The number of carbonyl (C=O) groups is 1. The first-order valence-electron chi connectivity index (χ1n) is 13.1. The van der Waals surface area contributed by atoms with Crippen LogP contribution in [0.4, 0.5) is 10.5 Å². The van der Waals surface area contributed by atoms with Crippen molar-refractivity contribution in [3.8, 4) is 5.75 Å². The zero-order valence-electron chi connectivity index (χ0n) is 22.3. The van der Waals surface area contributed by atoms with E-state index in [0.29, 0.717) is 49.3 Å². The molecule has 38 heavy (non-hydrogen) atoms. The summed E-state index contributed by atoms with van der Waals surface area (Å²) in [7, 11) is 0. The number of rotatable bonds is 10. The maximum absolute atomic E-state index is 13.6. The van der Waals surface area contributed by atoms with E-state index >= 15 is 0 Å². The van der Waals surface area contributed by atoms with E-state index in [0.717, 1.165) is 24.1 Å². The summed E-state index contributed by atoms with van der Waals surface area (Å²) < 4.78 is 17.4. The summed E-state index contributed by atoms with van der Waals surface area (Å²) in [6.07, 6.45) is 7.72. The summed E-state index contributed by atoms with van der Waals surface area (Å²) in [5.41, 5.74) is 3.04. The van der Waals surface area contributed by atoms with Gasteiger partial charge in [0.15, 0.2) is 6.29 Å². The first-order valence-corrected chi connectivity index (χ1v) is 13.5. The number of anilines is 1. The molecule has 2 aromatic rings. The maximum Gasteiger partial charge on any atom is 0.325 e. The van der Waals surface area contributed by atoms with Crippen molar-refractivity contribution in [1.82, 2.24) is 4.90 Å². The van der Waals surface area contributed by atoms with Gasteiger partial charge in [0.05, 0.1) is 25.5 Å². The Bertz CT molecular complexity index is 1170. The average molecular weight is 538 g/mol. The third kappa shape index (κ3) is 7.47. The topological polar surface area (TPSA) is 63.6 Å². The molecule has 1 atom stereocenters. The quantitative estimate of drug-likeness (QED) is 0.238. The van der Waals surface area contributed by atoms with Crippen molar-refractivity contribution in [2.45, 2.75) is 52.4 Å². The van der Waals surface area contributed by atoms with Gasteiger partial charge in [0.1, 0.15) is 11.5 Å². The first kappa shape index (κ1) is 27.9. The minimum atomic E-state index is -0.268. The molecule has 0 spiro atoms. The molecule has 0 N–H and O–H groups in total.